The van der Waals surface area contributed by atoms with Gasteiger partial charge >= 0.3 is 0 Å². The van der Waals surface area contributed by atoms with Crippen LogP contribution in [0, 0.1) is 0 Å². The van der Waals surface area contributed by atoms with Crippen LogP contribution >= 0.6 is 0 Å². The second kappa shape index (κ2) is 10.1. The molecule has 0 radical (unpaired) electrons. The van der Waals surface area contributed by atoms with Crippen molar-refractivity contribution in [2.45, 2.75) is 53.4 Å². The zero-order valence-corrected chi connectivity index (χ0v) is 18.7. The number of phenols is 2. The molecule has 162 valence electrons. The molecule has 2 aromatic carbocycles. The molecule has 0 bridgehead atoms. The SMILES string of the molecule is CCN(CC)c1ccc(C=NNC(=O)c2cc(C(C)C)c(O)c(C(C)C)c2)c(O)c1. The third-order valence-electron chi connectivity index (χ3n) is 5.19. The molecule has 0 aliphatic rings. The van der Waals surface area contributed by atoms with Crippen LogP contribution in [0.15, 0.2) is 35.4 Å². The van der Waals surface area contributed by atoms with Crippen molar-refractivity contribution < 1.29 is 15.0 Å². The quantitative estimate of drug-likeness (QED) is 0.424. The molecule has 0 fully saturated rings. The first-order chi connectivity index (χ1) is 14.2. The molecule has 30 heavy (non-hydrogen) atoms. The highest BCUT2D eigenvalue weighted by atomic mass is 16.3. The van der Waals surface area contributed by atoms with E-state index in [9.17, 15) is 15.0 Å². The number of rotatable bonds is 8. The van der Waals surface area contributed by atoms with Crippen molar-refractivity contribution in [3.8, 4) is 11.5 Å². The van der Waals surface area contributed by atoms with E-state index in [0.29, 0.717) is 11.1 Å². The molecule has 0 aliphatic carbocycles. The number of anilines is 1. The number of aromatic hydroxyl groups is 2. The zero-order chi connectivity index (χ0) is 22.4. The number of phenolic OH excluding ortho intramolecular Hbond substituents is 2. The van der Waals surface area contributed by atoms with Gasteiger partial charge in [-0.3, -0.25) is 4.79 Å². The number of hydrogen-bond donors (Lipinski definition) is 3. The second-order valence-corrected chi connectivity index (χ2v) is 7.93. The smallest absolute Gasteiger partial charge is 0.271 e. The second-order valence-electron chi connectivity index (χ2n) is 7.93. The van der Waals surface area contributed by atoms with Crippen LogP contribution in [0.4, 0.5) is 5.69 Å². The molecule has 0 saturated heterocycles. The summed E-state index contributed by atoms with van der Waals surface area (Å²) in [6.45, 7) is 13.7. The predicted octanol–water partition coefficient (Wildman–Crippen LogP) is 4.95. The average Bonchev–Trinajstić information content (AvgIpc) is 2.70. The van der Waals surface area contributed by atoms with E-state index < -0.39 is 0 Å². The van der Waals surface area contributed by atoms with E-state index in [-0.39, 0.29) is 29.2 Å². The number of hydrazone groups is 1. The molecule has 6 heteroatoms. The van der Waals surface area contributed by atoms with Crippen LogP contribution in [0.25, 0.3) is 0 Å². The van der Waals surface area contributed by atoms with Crippen LogP contribution in [0.2, 0.25) is 0 Å². The molecule has 2 aromatic rings. The Kier molecular flexibility index (Phi) is 7.86. The molecular formula is C24H33N3O3. The lowest BCUT2D eigenvalue weighted by atomic mass is 9.91. The molecule has 0 aliphatic heterocycles. The Morgan fingerprint density at radius 2 is 1.60 bits per heavy atom. The van der Waals surface area contributed by atoms with E-state index in [0.717, 1.165) is 29.9 Å². The molecule has 0 saturated carbocycles. The Morgan fingerprint density at radius 3 is 2.07 bits per heavy atom. The Hall–Kier alpha value is -3.02. The lowest BCUT2D eigenvalue weighted by Crippen LogP contribution is -2.21. The molecular weight excluding hydrogens is 378 g/mol. The number of amides is 1. The highest BCUT2D eigenvalue weighted by Crippen LogP contribution is 2.34. The van der Waals surface area contributed by atoms with Crippen LogP contribution in [0.3, 0.4) is 0 Å². The highest BCUT2D eigenvalue weighted by Gasteiger charge is 2.18. The fourth-order valence-corrected chi connectivity index (χ4v) is 3.34. The van der Waals surface area contributed by atoms with Crippen molar-refractivity contribution in [2.24, 2.45) is 5.10 Å². The zero-order valence-electron chi connectivity index (χ0n) is 18.7. The van der Waals surface area contributed by atoms with E-state index >= 15 is 0 Å². The summed E-state index contributed by atoms with van der Waals surface area (Å²) in [5.74, 6) is 0.152. The molecule has 2 rings (SSSR count). The van der Waals surface area contributed by atoms with Crippen molar-refractivity contribution >= 4 is 17.8 Å². The van der Waals surface area contributed by atoms with Gasteiger partial charge in [-0.2, -0.15) is 5.10 Å². The van der Waals surface area contributed by atoms with Gasteiger partial charge in [-0.1, -0.05) is 27.7 Å². The number of carbonyl (C=O) groups excluding carboxylic acids is 1. The number of nitrogens with zero attached hydrogens (tertiary/aromatic N) is 2. The van der Waals surface area contributed by atoms with Gasteiger partial charge in [0.2, 0.25) is 0 Å². The fraction of sp³-hybridized carbons (Fsp3) is 0.417. The van der Waals surface area contributed by atoms with Gasteiger partial charge in [0.15, 0.2) is 0 Å². The molecule has 0 aromatic heterocycles. The van der Waals surface area contributed by atoms with Gasteiger partial charge in [0, 0.05) is 36.0 Å². The van der Waals surface area contributed by atoms with Gasteiger partial charge in [0.25, 0.3) is 5.91 Å². The van der Waals surface area contributed by atoms with E-state index in [2.05, 4.69) is 29.3 Å². The maximum atomic E-state index is 12.6. The normalized spacial score (nSPS) is 11.5. The van der Waals surface area contributed by atoms with Gasteiger partial charge in [0.1, 0.15) is 11.5 Å². The first-order valence-corrected chi connectivity index (χ1v) is 10.5. The largest absolute Gasteiger partial charge is 0.507 e. The molecule has 0 atom stereocenters. The number of hydrogen-bond acceptors (Lipinski definition) is 5. The first-order valence-electron chi connectivity index (χ1n) is 10.5. The lowest BCUT2D eigenvalue weighted by molar-refractivity contribution is 0.0955. The van der Waals surface area contributed by atoms with Crippen LogP contribution in [0.5, 0.6) is 11.5 Å². The summed E-state index contributed by atoms with van der Waals surface area (Å²) in [6.07, 6.45) is 1.42. The topological polar surface area (TPSA) is 85.2 Å². The number of nitrogens with one attached hydrogen (secondary N) is 1. The molecule has 6 nitrogen and oxygen atoms in total. The number of carbonyl (C=O) groups is 1. The highest BCUT2D eigenvalue weighted by molar-refractivity contribution is 5.96. The van der Waals surface area contributed by atoms with Gasteiger partial charge in [-0.25, -0.2) is 5.43 Å². The molecule has 1 amide bonds. The van der Waals surface area contributed by atoms with Crippen LogP contribution < -0.4 is 10.3 Å². The minimum absolute atomic E-state index is 0.0834. The Morgan fingerprint density at radius 1 is 1.03 bits per heavy atom. The molecule has 3 N–H and O–H groups in total. The van der Waals surface area contributed by atoms with Gasteiger partial charge < -0.3 is 15.1 Å². The maximum Gasteiger partial charge on any atom is 0.271 e. The maximum absolute atomic E-state index is 12.6. The summed E-state index contributed by atoms with van der Waals surface area (Å²) in [4.78, 5) is 14.8. The van der Waals surface area contributed by atoms with Crippen molar-refractivity contribution in [2.75, 3.05) is 18.0 Å². The van der Waals surface area contributed by atoms with Crippen LogP contribution in [-0.4, -0.2) is 35.4 Å². The van der Waals surface area contributed by atoms with Crippen molar-refractivity contribution in [1.29, 1.82) is 0 Å². The van der Waals surface area contributed by atoms with Gasteiger partial charge in [-0.05, 0) is 61.1 Å². The summed E-state index contributed by atoms with van der Waals surface area (Å²) in [7, 11) is 0. The average molecular weight is 412 g/mol. The third kappa shape index (κ3) is 5.32. The monoisotopic (exact) mass is 411 g/mol. The summed E-state index contributed by atoms with van der Waals surface area (Å²) >= 11 is 0. The minimum atomic E-state index is -0.366. The van der Waals surface area contributed by atoms with E-state index in [1.807, 2.05) is 33.8 Å². The minimum Gasteiger partial charge on any atom is -0.507 e. The Bertz CT molecular complexity index is 887. The van der Waals surface area contributed by atoms with Crippen LogP contribution in [0.1, 0.15) is 80.4 Å². The summed E-state index contributed by atoms with van der Waals surface area (Å²) in [6, 6.07) is 8.78. The fourth-order valence-electron chi connectivity index (χ4n) is 3.34. The summed E-state index contributed by atoms with van der Waals surface area (Å²) in [5.41, 5.74) is 5.88. The first kappa shape index (κ1) is 23.3. The van der Waals surface area contributed by atoms with Crippen molar-refractivity contribution in [3.63, 3.8) is 0 Å². The van der Waals surface area contributed by atoms with Crippen molar-refractivity contribution in [1.82, 2.24) is 5.43 Å². The van der Waals surface area contributed by atoms with E-state index in [1.165, 1.54) is 6.21 Å². The summed E-state index contributed by atoms with van der Waals surface area (Å²) in [5, 5.41) is 24.8. The molecule has 0 heterocycles. The molecule has 0 spiro atoms. The lowest BCUT2D eigenvalue weighted by Gasteiger charge is -2.21. The standard InChI is InChI=1S/C24H33N3O3/c1-7-27(8-2)19-10-9-17(22(28)13-19)14-25-26-24(30)18-11-20(15(3)4)23(29)21(12-18)16(5)6/h9-16,28-29H,7-8H2,1-6H3,(H,26,30). The van der Waals surface area contributed by atoms with E-state index in [1.54, 1.807) is 24.3 Å². The Balaban J connectivity index is 2.20. The van der Waals surface area contributed by atoms with Crippen molar-refractivity contribution in [3.05, 3.63) is 52.6 Å². The Labute approximate surface area is 179 Å². The summed E-state index contributed by atoms with van der Waals surface area (Å²) < 4.78 is 0. The predicted molar refractivity (Wildman–Crippen MR) is 123 cm³/mol. The van der Waals surface area contributed by atoms with Crippen LogP contribution in [-0.2, 0) is 0 Å². The van der Waals surface area contributed by atoms with Gasteiger partial charge in [-0.15, -0.1) is 0 Å². The molecule has 0 unspecified atom stereocenters. The van der Waals surface area contributed by atoms with E-state index in [4.69, 9.17) is 0 Å². The van der Waals surface area contributed by atoms with Gasteiger partial charge in [0.05, 0.1) is 6.21 Å². The number of benzene rings is 2. The third-order valence-corrected chi connectivity index (χ3v) is 5.19.